The second-order valence-corrected chi connectivity index (χ2v) is 8.52. The minimum absolute atomic E-state index is 0.111. The second-order valence-electron chi connectivity index (χ2n) is 7.41. The first-order valence-corrected chi connectivity index (χ1v) is 11.4. The minimum atomic E-state index is -4.41. The number of benzene rings is 2. The molecule has 9 heteroatoms. The second kappa shape index (κ2) is 11.5. The monoisotopic (exact) mass is 485 g/mol. The van der Waals surface area contributed by atoms with Gasteiger partial charge in [0.15, 0.2) is 5.13 Å². The van der Waals surface area contributed by atoms with Gasteiger partial charge in [-0.3, -0.25) is 10.1 Å². The number of halogens is 3. The number of carbonyl (C=O) groups is 1. The first kappa shape index (κ1) is 25.0. The summed E-state index contributed by atoms with van der Waals surface area (Å²) in [7, 11) is 0. The Labute approximate surface area is 199 Å². The summed E-state index contributed by atoms with van der Waals surface area (Å²) in [5.74, 6) is 0.0267. The largest absolute Gasteiger partial charge is 0.494 e. The van der Waals surface area contributed by atoms with Crippen LogP contribution >= 0.6 is 11.3 Å². The van der Waals surface area contributed by atoms with Crippen LogP contribution in [0.2, 0.25) is 0 Å². The summed E-state index contributed by atoms with van der Waals surface area (Å²) in [6.45, 7) is 2.65. The third kappa shape index (κ3) is 7.18. The highest BCUT2D eigenvalue weighted by Crippen LogP contribution is 2.30. The summed E-state index contributed by atoms with van der Waals surface area (Å²) in [6.07, 6.45) is 0.714. The molecule has 0 spiro atoms. The number of nitriles is 1. The number of hydrogen-bond acceptors (Lipinski definition) is 5. The molecule has 3 rings (SSSR count). The number of rotatable bonds is 9. The van der Waals surface area contributed by atoms with Crippen molar-refractivity contribution in [3.8, 4) is 11.8 Å². The van der Waals surface area contributed by atoms with E-state index in [4.69, 9.17) is 4.74 Å². The topological polar surface area (TPSA) is 75.0 Å². The third-order valence-corrected chi connectivity index (χ3v) is 5.62. The van der Waals surface area contributed by atoms with Crippen molar-refractivity contribution in [2.75, 3.05) is 11.9 Å². The Morgan fingerprint density at radius 3 is 2.76 bits per heavy atom. The van der Waals surface area contributed by atoms with Gasteiger partial charge in [-0.25, -0.2) is 4.98 Å². The highest BCUT2D eigenvalue weighted by atomic mass is 32.1. The van der Waals surface area contributed by atoms with Crippen LogP contribution < -0.4 is 10.1 Å². The van der Waals surface area contributed by atoms with Gasteiger partial charge in [0, 0.05) is 17.5 Å². The van der Waals surface area contributed by atoms with E-state index < -0.39 is 17.6 Å². The van der Waals surface area contributed by atoms with E-state index in [9.17, 15) is 23.2 Å². The Balaban J connectivity index is 1.66. The van der Waals surface area contributed by atoms with Gasteiger partial charge in [-0.1, -0.05) is 43.7 Å². The average molecular weight is 486 g/mol. The fraction of sp³-hybridized carbons (Fsp3) is 0.240. The molecule has 0 unspecified atom stereocenters. The molecule has 0 atom stereocenters. The van der Waals surface area contributed by atoms with Gasteiger partial charge >= 0.3 is 6.18 Å². The molecule has 0 aliphatic rings. The van der Waals surface area contributed by atoms with Gasteiger partial charge in [0.1, 0.15) is 17.4 Å². The van der Waals surface area contributed by atoms with Crippen molar-refractivity contribution in [1.82, 2.24) is 4.98 Å². The zero-order valence-corrected chi connectivity index (χ0v) is 19.2. The van der Waals surface area contributed by atoms with Gasteiger partial charge in [0.2, 0.25) is 0 Å². The third-order valence-electron chi connectivity index (χ3n) is 4.71. The van der Waals surface area contributed by atoms with E-state index in [2.05, 4.69) is 17.2 Å². The molecule has 0 saturated carbocycles. The van der Waals surface area contributed by atoms with Gasteiger partial charge in [0.05, 0.1) is 12.2 Å². The molecule has 2 aromatic carbocycles. The molecule has 0 aliphatic heterocycles. The number of amides is 1. The maximum absolute atomic E-state index is 12.9. The lowest BCUT2D eigenvalue weighted by Gasteiger charge is -2.07. The van der Waals surface area contributed by atoms with E-state index in [1.807, 2.05) is 6.07 Å². The van der Waals surface area contributed by atoms with Crippen LogP contribution in [-0.4, -0.2) is 17.5 Å². The maximum atomic E-state index is 12.9. The number of anilines is 1. The van der Waals surface area contributed by atoms with E-state index in [0.717, 1.165) is 36.3 Å². The van der Waals surface area contributed by atoms with Crippen molar-refractivity contribution >= 4 is 28.5 Å². The molecule has 1 heterocycles. The zero-order valence-electron chi connectivity index (χ0n) is 18.4. The first-order chi connectivity index (χ1) is 16.3. The van der Waals surface area contributed by atoms with Crippen molar-refractivity contribution < 1.29 is 22.7 Å². The fourth-order valence-corrected chi connectivity index (χ4v) is 3.86. The average Bonchev–Trinajstić information content (AvgIpc) is 3.24. The molecule has 0 fully saturated rings. The maximum Gasteiger partial charge on any atom is 0.416 e. The molecule has 1 amide bonds. The number of ether oxygens (including phenoxy) is 1. The van der Waals surface area contributed by atoms with Gasteiger partial charge in [-0.2, -0.15) is 18.4 Å². The lowest BCUT2D eigenvalue weighted by Crippen LogP contribution is -2.13. The lowest BCUT2D eigenvalue weighted by molar-refractivity contribution is -0.137. The lowest BCUT2D eigenvalue weighted by atomic mass is 10.1. The standard InChI is InChI=1S/C25H22F3N3O2S/c1-2-3-10-33-21-9-5-7-17(13-21)11-19(15-29)23(32)31-24-30-16-22(34-24)14-18-6-4-8-20(12-18)25(26,27)28/h4-9,11-13,16H,2-3,10,14H2,1H3,(H,30,31,32)/b19-11+. The molecule has 34 heavy (non-hydrogen) atoms. The van der Waals surface area contributed by atoms with E-state index in [0.29, 0.717) is 28.4 Å². The molecule has 0 radical (unpaired) electrons. The van der Waals surface area contributed by atoms with Crippen LogP contribution in [0.5, 0.6) is 5.75 Å². The molecule has 0 bridgehead atoms. The van der Waals surface area contributed by atoms with E-state index >= 15 is 0 Å². The molecular formula is C25H22F3N3O2S. The molecule has 5 nitrogen and oxygen atoms in total. The number of thiazole rings is 1. The normalized spacial score (nSPS) is 11.7. The number of hydrogen-bond donors (Lipinski definition) is 1. The summed E-state index contributed by atoms with van der Waals surface area (Å²) in [4.78, 5) is 17.4. The SMILES string of the molecule is CCCCOc1cccc(/C=C(\C#N)C(=O)Nc2ncc(Cc3cccc(C(F)(F)F)c3)s2)c1. The van der Waals surface area contributed by atoms with Gasteiger partial charge < -0.3 is 4.74 Å². The highest BCUT2D eigenvalue weighted by molar-refractivity contribution is 7.15. The Bertz CT molecular complexity index is 1210. The van der Waals surface area contributed by atoms with Crippen LogP contribution in [0.1, 0.15) is 41.3 Å². The number of unbranched alkanes of at least 4 members (excludes halogenated alkanes) is 1. The summed E-state index contributed by atoms with van der Waals surface area (Å²) in [5, 5.41) is 12.3. The van der Waals surface area contributed by atoms with Crippen LogP contribution in [0.3, 0.4) is 0 Å². The first-order valence-electron chi connectivity index (χ1n) is 10.6. The van der Waals surface area contributed by atoms with Gasteiger partial charge in [-0.15, -0.1) is 11.3 Å². The smallest absolute Gasteiger partial charge is 0.416 e. The minimum Gasteiger partial charge on any atom is -0.494 e. The van der Waals surface area contributed by atoms with Crippen LogP contribution in [0.25, 0.3) is 6.08 Å². The quantitative estimate of drug-likeness (QED) is 0.214. The predicted molar refractivity (Wildman–Crippen MR) is 125 cm³/mol. The van der Waals surface area contributed by atoms with E-state index in [1.54, 1.807) is 30.3 Å². The Hall–Kier alpha value is -3.64. The molecule has 1 aromatic heterocycles. The van der Waals surface area contributed by atoms with Crippen molar-refractivity contribution in [1.29, 1.82) is 5.26 Å². The molecule has 3 aromatic rings. The van der Waals surface area contributed by atoms with Crippen molar-refractivity contribution in [2.24, 2.45) is 0 Å². The summed E-state index contributed by atoms with van der Waals surface area (Å²) < 4.78 is 44.4. The fourth-order valence-electron chi connectivity index (χ4n) is 3.01. The molecule has 176 valence electrons. The Morgan fingerprint density at radius 2 is 2.03 bits per heavy atom. The number of carbonyl (C=O) groups excluding carboxylic acids is 1. The van der Waals surface area contributed by atoms with E-state index in [1.165, 1.54) is 18.3 Å². The van der Waals surface area contributed by atoms with E-state index in [-0.39, 0.29) is 17.1 Å². The highest BCUT2D eigenvalue weighted by Gasteiger charge is 2.30. The molecule has 0 aliphatic carbocycles. The van der Waals surface area contributed by atoms with Crippen molar-refractivity contribution in [3.05, 3.63) is 81.9 Å². The van der Waals surface area contributed by atoms with Crippen LogP contribution in [0, 0.1) is 11.3 Å². The predicted octanol–water partition coefficient (Wildman–Crippen LogP) is 6.48. The number of alkyl halides is 3. The van der Waals surface area contributed by atoms with Crippen LogP contribution in [-0.2, 0) is 17.4 Å². The Kier molecular flexibility index (Phi) is 8.44. The Morgan fingerprint density at radius 1 is 1.24 bits per heavy atom. The van der Waals surface area contributed by atoms with Crippen molar-refractivity contribution in [3.63, 3.8) is 0 Å². The van der Waals surface area contributed by atoms with Crippen molar-refractivity contribution in [2.45, 2.75) is 32.4 Å². The number of aromatic nitrogens is 1. The molecule has 0 saturated heterocycles. The van der Waals surface area contributed by atoms with Gasteiger partial charge in [-0.05, 0) is 41.8 Å². The summed E-state index contributed by atoms with van der Waals surface area (Å²) in [6, 6.07) is 14.0. The number of nitrogens with one attached hydrogen (secondary N) is 1. The van der Waals surface area contributed by atoms with Crippen LogP contribution in [0.4, 0.5) is 18.3 Å². The number of nitrogens with zero attached hydrogens (tertiary/aromatic N) is 2. The zero-order chi connectivity index (χ0) is 24.6. The van der Waals surface area contributed by atoms with Gasteiger partial charge in [0.25, 0.3) is 5.91 Å². The summed E-state index contributed by atoms with van der Waals surface area (Å²) in [5.41, 5.74) is 0.298. The van der Waals surface area contributed by atoms with Crippen LogP contribution in [0.15, 0.2) is 60.3 Å². The molecule has 1 N–H and O–H groups in total. The molecular weight excluding hydrogens is 463 g/mol. The summed E-state index contributed by atoms with van der Waals surface area (Å²) >= 11 is 1.14.